The molecule has 0 heterocycles. The predicted molar refractivity (Wildman–Crippen MR) is 88.7 cm³/mol. The zero-order chi connectivity index (χ0) is 15.8. The zero-order valence-corrected chi connectivity index (χ0v) is 13.1. The van der Waals surface area contributed by atoms with Gasteiger partial charge in [-0.1, -0.05) is 37.6 Å². The Bertz CT molecular complexity index is 551. The Hall–Kier alpha value is -1.87. The predicted octanol–water partition coefficient (Wildman–Crippen LogP) is 4.29. The molecule has 2 aromatic rings. The number of ether oxygens (including phenoxy) is 1. The lowest BCUT2D eigenvalue weighted by molar-refractivity contribution is 0.309. The molecule has 0 fully saturated rings. The summed E-state index contributed by atoms with van der Waals surface area (Å²) >= 11 is 0. The summed E-state index contributed by atoms with van der Waals surface area (Å²) in [6, 6.07) is 14.8. The first-order valence-corrected chi connectivity index (χ1v) is 7.90. The van der Waals surface area contributed by atoms with E-state index in [1.54, 1.807) is 0 Å². The van der Waals surface area contributed by atoms with Crippen molar-refractivity contribution in [2.24, 2.45) is 5.73 Å². The maximum Gasteiger partial charge on any atom is 0.123 e. The second-order valence-electron chi connectivity index (χ2n) is 5.53. The normalized spacial score (nSPS) is 12.1. The maximum atomic E-state index is 13.0. The summed E-state index contributed by atoms with van der Waals surface area (Å²) in [4.78, 5) is 0. The Labute approximate surface area is 132 Å². The summed E-state index contributed by atoms with van der Waals surface area (Å²) < 4.78 is 18.7. The highest BCUT2D eigenvalue weighted by molar-refractivity contribution is 5.30. The van der Waals surface area contributed by atoms with Crippen LogP contribution in [0.5, 0.6) is 5.75 Å². The molecule has 0 saturated heterocycles. The van der Waals surface area contributed by atoms with Crippen LogP contribution in [-0.2, 0) is 6.42 Å². The highest BCUT2D eigenvalue weighted by atomic mass is 19.1. The molecule has 2 rings (SSSR count). The van der Waals surface area contributed by atoms with Crippen molar-refractivity contribution in [3.63, 3.8) is 0 Å². The average Bonchev–Trinajstić information content (AvgIpc) is 2.55. The van der Waals surface area contributed by atoms with Gasteiger partial charge in [0.1, 0.15) is 11.6 Å². The van der Waals surface area contributed by atoms with E-state index in [1.807, 2.05) is 24.3 Å². The Morgan fingerprint density at radius 1 is 1.05 bits per heavy atom. The first kappa shape index (κ1) is 16.5. The molecule has 2 aromatic carbocycles. The van der Waals surface area contributed by atoms with Crippen LogP contribution in [-0.4, -0.2) is 13.2 Å². The van der Waals surface area contributed by atoms with Crippen LogP contribution in [0.25, 0.3) is 0 Å². The van der Waals surface area contributed by atoms with Gasteiger partial charge >= 0.3 is 0 Å². The Kier molecular flexibility index (Phi) is 6.41. The number of unbranched alkanes of at least 4 members (excludes halogenated alkanes) is 1. The van der Waals surface area contributed by atoms with Crippen molar-refractivity contribution in [2.75, 3.05) is 13.2 Å². The second kappa shape index (κ2) is 8.54. The lowest BCUT2D eigenvalue weighted by atomic mass is 9.92. The maximum absolute atomic E-state index is 13.0. The van der Waals surface area contributed by atoms with Crippen LogP contribution < -0.4 is 10.5 Å². The molecular formula is C19H24FNO. The van der Waals surface area contributed by atoms with Crippen LogP contribution in [0.2, 0.25) is 0 Å². The van der Waals surface area contributed by atoms with E-state index in [9.17, 15) is 4.39 Å². The molecule has 1 unspecified atom stereocenters. The fourth-order valence-corrected chi connectivity index (χ4v) is 2.41. The summed E-state index contributed by atoms with van der Waals surface area (Å²) in [5.41, 5.74) is 8.17. The minimum atomic E-state index is -0.215. The molecular weight excluding hydrogens is 277 g/mol. The minimum Gasteiger partial charge on any atom is -0.494 e. The molecule has 0 spiro atoms. The number of halogens is 1. The summed E-state index contributed by atoms with van der Waals surface area (Å²) in [5, 5.41) is 0. The number of hydrogen-bond acceptors (Lipinski definition) is 2. The van der Waals surface area contributed by atoms with Gasteiger partial charge in [0.25, 0.3) is 0 Å². The van der Waals surface area contributed by atoms with Crippen LogP contribution in [0.1, 0.15) is 36.8 Å². The van der Waals surface area contributed by atoms with Gasteiger partial charge < -0.3 is 10.5 Å². The molecule has 0 saturated carbocycles. The fourth-order valence-electron chi connectivity index (χ4n) is 2.41. The van der Waals surface area contributed by atoms with Gasteiger partial charge in [-0.3, -0.25) is 0 Å². The first-order chi connectivity index (χ1) is 10.7. The standard InChI is InChI=1S/C19H24FNO/c1-2-3-12-22-19-10-4-15(5-11-19)13-17(14-21)16-6-8-18(20)9-7-16/h4-11,17H,2-3,12-14,21H2,1H3. The van der Waals surface area contributed by atoms with Crippen molar-refractivity contribution in [1.29, 1.82) is 0 Å². The number of benzene rings is 2. The summed E-state index contributed by atoms with van der Waals surface area (Å²) in [6.07, 6.45) is 3.05. The Balaban J connectivity index is 1.97. The van der Waals surface area contributed by atoms with Crippen LogP contribution in [0, 0.1) is 5.82 Å². The first-order valence-electron chi connectivity index (χ1n) is 7.90. The molecule has 0 aliphatic carbocycles. The van der Waals surface area contributed by atoms with E-state index in [1.165, 1.54) is 17.7 Å². The Morgan fingerprint density at radius 3 is 2.32 bits per heavy atom. The van der Waals surface area contributed by atoms with Crippen LogP contribution in [0.15, 0.2) is 48.5 Å². The molecule has 0 bridgehead atoms. The SMILES string of the molecule is CCCCOc1ccc(CC(CN)c2ccc(F)cc2)cc1. The van der Waals surface area contributed by atoms with Crippen molar-refractivity contribution >= 4 is 0 Å². The largest absolute Gasteiger partial charge is 0.494 e. The van der Waals surface area contributed by atoms with Gasteiger partial charge in [-0.2, -0.15) is 0 Å². The van der Waals surface area contributed by atoms with E-state index in [0.29, 0.717) is 6.54 Å². The van der Waals surface area contributed by atoms with Crippen LogP contribution in [0.4, 0.5) is 4.39 Å². The van der Waals surface area contributed by atoms with Gasteiger partial charge in [0.2, 0.25) is 0 Å². The number of rotatable bonds is 8. The topological polar surface area (TPSA) is 35.2 Å². The van der Waals surface area contributed by atoms with Crippen LogP contribution >= 0.6 is 0 Å². The molecule has 2 nitrogen and oxygen atoms in total. The monoisotopic (exact) mass is 301 g/mol. The van der Waals surface area contributed by atoms with Crippen molar-refractivity contribution in [3.8, 4) is 5.75 Å². The molecule has 22 heavy (non-hydrogen) atoms. The van der Waals surface area contributed by atoms with Crippen molar-refractivity contribution < 1.29 is 9.13 Å². The zero-order valence-electron chi connectivity index (χ0n) is 13.1. The average molecular weight is 301 g/mol. The Morgan fingerprint density at radius 2 is 1.73 bits per heavy atom. The van der Waals surface area contributed by atoms with Gasteiger partial charge in [-0.15, -0.1) is 0 Å². The molecule has 0 aromatic heterocycles. The van der Waals surface area contributed by atoms with Crippen molar-refractivity contribution in [3.05, 3.63) is 65.5 Å². The number of hydrogen-bond donors (Lipinski definition) is 1. The third kappa shape index (κ3) is 4.85. The quantitative estimate of drug-likeness (QED) is 0.738. The van der Waals surface area contributed by atoms with E-state index >= 15 is 0 Å². The molecule has 0 aliphatic rings. The van der Waals surface area contributed by atoms with Gasteiger partial charge in [0.15, 0.2) is 0 Å². The van der Waals surface area contributed by atoms with E-state index in [2.05, 4.69) is 19.1 Å². The number of nitrogens with two attached hydrogens (primary N) is 1. The minimum absolute atomic E-state index is 0.201. The molecule has 0 aliphatic heterocycles. The van der Waals surface area contributed by atoms with E-state index in [4.69, 9.17) is 10.5 Å². The second-order valence-corrected chi connectivity index (χ2v) is 5.53. The summed E-state index contributed by atoms with van der Waals surface area (Å²) in [6.45, 7) is 3.45. The van der Waals surface area contributed by atoms with E-state index < -0.39 is 0 Å². The van der Waals surface area contributed by atoms with E-state index in [-0.39, 0.29) is 11.7 Å². The highest BCUT2D eigenvalue weighted by Gasteiger charge is 2.11. The summed E-state index contributed by atoms with van der Waals surface area (Å²) in [7, 11) is 0. The van der Waals surface area contributed by atoms with Gasteiger partial charge in [0.05, 0.1) is 6.61 Å². The molecule has 0 radical (unpaired) electrons. The third-order valence-corrected chi connectivity index (χ3v) is 3.80. The van der Waals surface area contributed by atoms with Crippen molar-refractivity contribution in [2.45, 2.75) is 32.1 Å². The van der Waals surface area contributed by atoms with Gasteiger partial charge in [-0.25, -0.2) is 4.39 Å². The molecule has 118 valence electrons. The van der Waals surface area contributed by atoms with Crippen LogP contribution in [0.3, 0.4) is 0 Å². The lowest BCUT2D eigenvalue weighted by Gasteiger charge is -2.16. The van der Waals surface area contributed by atoms with Gasteiger partial charge in [-0.05, 0) is 54.8 Å². The van der Waals surface area contributed by atoms with Gasteiger partial charge in [0, 0.05) is 5.92 Å². The smallest absolute Gasteiger partial charge is 0.123 e. The molecule has 1 atom stereocenters. The molecule has 3 heteroatoms. The lowest BCUT2D eigenvalue weighted by Crippen LogP contribution is -2.15. The third-order valence-electron chi connectivity index (χ3n) is 3.80. The fraction of sp³-hybridized carbons (Fsp3) is 0.368. The highest BCUT2D eigenvalue weighted by Crippen LogP contribution is 2.22. The molecule has 2 N–H and O–H groups in total. The molecule has 0 amide bonds. The summed E-state index contributed by atoms with van der Waals surface area (Å²) in [5.74, 6) is 0.892. The van der Waals surface area contributed by atoms with E-state index in [0.717, 1.165) is 37.2 Å². The van der Waals surface area contributed by atoms with Crippen molar-refractivity contribution in [1.82, 2.24) is 0 Å².